The fourth-order valence-electron chi connectivity index (χ4n) is 1.70. The smallest absolute Gasteiger partial charge is 0.228 e. The van der Waals surface area contributed by atoms with Crippen molar-refractivity contribution in [3.05, 3.63) is 40.0 Å². The van der Waals surface area contributed by atoms with E-state index in [1.807, 2.05) is 13.0 Å². The van der Waals surface area contributed by atoms with E-state index in [-0.39, 0.29) is 0 Å². The van der Waals surface area contributed by atoms with Gasteiger partial charge in [0.25, 0.3) is 0 Å². The van der Waals surface area contributed by atoms with Crippen LogP contribution in [0, 0.1) is 13.8 Å². The topological polar surface area (TPSA) is 44.1 Å². The molecule has 0 saturated carbocycles. The summed E-state index contributed by atoms with van der Waals surface area (Å²) in [6.45, 7) is 3.66. The van der Waals surface area contributed by atoms with Crippen molar-refractivity contribution in [3.63, 3.8) is 0 Å². The molecule has 18 heavy (non-hydrogen) atoms. The Balaban J connectivity index is 2.39. The van der Waals surface area contributed by atoms with Crippen LogP contribution in [-0.2, 0) is 7.05 Å². The minimum atomic E-state index is 0.434. The molecule has 0 spiro atoms. The first kappa shape index (κ1) is 12.6. The van der Waals surface area contributed by atoms with Gasteiger partial charge in [-0.25, -0.2) is 4.68 Å². The van der Waals surface area contributed by atoms with E-state index in [9.17, 15) is 4.79 Å². The molecule has 1 aromatic heterocycles. The van der Waals surface area contributed by atoms with Gasteiger partial charge < -0.3 is 4.74 Å². The third-order valence-corrected chi connectivity index (χ3v) is 3.10. The highest BCUT2D eigenvalue weighted by Gasteiger charge is 2.14. The highest BCUT2D eigenvalue weighted by Crippen LogP contribution is 2.28. The van der Waals surface area contributed by atoms with Crippen molar-refractivity contribution in [1.82, 2.24) is 9.78 Å². The Kier molecular flexibility index (Phi) is 3.39. The number of carbonyl (C=O) groups excluding carboxylic acids is 1. The molecule has 0 radical (unpaired) electrons. The van der Waals surface area contributed by atoms with Gasteiger partial charge in [-0.3, -0.25) is 4.79 Å². The summed E-state index contributed by atoms with van der Waals surface area (Å²) in [5.74, 6) is 1.06. The maximum Gasteiger partial charge on any atom is 0.228 e. The van der Waals surface area contributed by atoms with Crippen molar-refractivity contribution >= 4 is 17.9 Å². The molecule has 2 rings (SSSR count). The van der Waals surface area contributed by atoms with E-state index in [0.29, 0.717) is 27.9 Å². The number of aromatic nitrogens is 2. The van der Waals surface area contributed by atoms with Gasteiger partial charge in [0.05, 0.1) is 11.3 Å². The van der Waals surface area contributed by atoms with Crippen molar-refractivity contribution < 1.29 is 9.53 Å². The second-order valence-electron chi connectivity index (χ2n) is 4.06. The molecule has 5 heteroatoms. The number of aldehydes is 1. The van der Waals surface area contributed by atoms with Crippen LogP contribution < -0.4 is 4.74 Å². The van der Waals surface area contributed by atoms with E-state index in [1.54, 1.807) is 30.8 Å². The monoisotopic (exact) mass is 264 g/mol. The molecule has 2 aromatic rings. The highest BCUT2D eigenvalue weighted by atomic mass is 35.5. The van der Waals surface area contributed by atoms with Gasteiger partial charge in [0, 0.05) is 12.1 Å². The van der Waals surface area contributed by atoms with Crippen LogP contribution in [0.3, 0.4) is 0 Å². The van der Waals surface area contributed by atoms with E-state index in [0.717, 1.165) is 11.8 Å². The lowest BCUT2D eigenvalue weighted by Gasteiger charge is -2.07. The van der Waals surface area contributed by atoms with Crippen LogP contribution in [0.2, 0.25) is 5.02 Å². The number of nitrogens with zero attached hydrogens (tertiary/aromatic N) is 2. The maximum atomic E-state index is 11.0. The molecule has 0 fully saturated rings. The third kappa shape index (κ3) is 2.24. The van der Waals surface area contributed by atoms with Crippen molar-refractivity contribution in [2.75, 3.05) is 0 Å². The van der Waals surface area contributed by atoms with Gasteiger partial charge >= 0.3 is 0 Å². The molecule has 94 valence electrons. The number of rotatable bonds is 3. The zero-order valence-electron chi connectivity index (χ0n) is 10.4. The molecule has 0 aliphatic heterocycles. The molecule has 0 unspecified atom stereocenters. The molecule has 0 aliphatic carbocycles. The Hall–Kier alpha value is -1.81. The van der Waals surface area contributed by atoms with E-state index in [4.69, 9.17) is 16.3 Å². The zero-order chi connectivity index (χ0) is 13.3. The quantitative estimate of drug-likeness (QED) is 0.799. The molecule has 0 amide bonds. The van der Waals surface area contributed by atoms with Crippen LogP contribution in [0.15, 0.2) is 18.2 Å². The Morgan fingerprint density at radius 1 is 1.39 bits per heavy atom. The van der Waals surface area contributed by atoms with Crippen LogP contribution in [0.25, 0.3) is 0 Å². The summed E-state index contributed by atoms with van der Waals surface area (Å²) in [6, 6.07) is 5.33. The molecule has 0 atom stereocenters. The maximum absolute atomic E-state index is 11.0. The average molecular weight is 265 g/mol. The highest BCUT2D eigenvalue weighted by molar-refractivity contribution is 6.31. The van der Waals surface area contributed by atoms with Gasteiger partial charge in [-0.2, -0.15) is 5.10 Å². The molecule has 0 bridgehead atoms. The number of aryl methyl sites for hydroxylation is 3. The molecule has 0 aliphatic rings. The number of hydrogen-bond acceptors (Lipinski definition) is 3. The Morgan fingerprint density at radius 3 is 2.72 bits per heavy atom. The van der Waals surface area contributed by atoms with Crippen molar-refractivity contribution in [1.29, 1.82) is 0 Å². The predicted octanol–water partition coefficient (Wildman–Crippen LogP) is 3.30. The van der Waals surface area contributed by atoms with Gasteiger partial charge in [-0.15, -0.1) is 0 Å². The van der Waals surface area contributed by atoms with Crippen LogP contribution in [-0.4, -0.2) is 16.1 Å². The molecule has 0 N–H and O–H groups in total. The van der Waals surface area contributed by atoms with E-state index in [2.05, 4.69) is 5.10 Å². The number of hydrogen-bond donors (Lipinski definition) is 0. The third-order valence-electron chi connectivity index (χ3n) is 2.68. The number of benzene rings is 1. The molecule has 1 aromatic carbocycles. The summed E-state index contributed by atoms with van der Waals surface area (Å²) in [5.41, 5.74) is 2.03. The van der Waals surface area contributed by atoms with Crippen LogP contribution in [0.1, 0.15) is 21.6 Å². The molecule has 1 heterocycles. The second-order valence-corrected chi connectivity index (χ2v) is 4.47. The molecular formula is C13H13ClN2O2. The second kappa shape index (κ2) is 4.82. The minimum absolute atomic E-state index is 0.434. The summed E-state index contributed by atoms with van der Waals surface area (Å²) in [4.78, 5) is 11.0. The zero-order valence-corrected chi connectivity index (χ0v) is 11.2. The Morgan fingerprint density at radius 2 is 2.11 bits per heavy atom. The average Bonchev–Trinajstić information content (AvgIpc) is 2.58. The van der Waals surface area contributed by atoms with E-state index in [1.165, 1.54) is 0 Å². The first-order valence-electron chi connectivity index (χ1n) is 5.45. The minimum Gasteiger partial charge on any atom is -0.439 e. The van der Waals surface area contributed by atoms with Gasteiger partial charge in [0.15, 0.2) is 6.29 Å². The lowest BCUT2D eigenvalue weighted by Crippen LogP contribution is -1.97. The Labute approximate surface area is 110 Å². The van der Waals surface area contributed by atoms with Crippen LogP contribution >= 0.6 is 11.6 Å². The van der Waals surface area contributed by atoms with Crippen molar-refractivity contribution in [3.8, 4) is 11.6 Å². The van der Waals surface area contributed by atoms with Gasteiger partial charge in [-0.05, 0) is 37.6 Å². The van der Waals surface area contributed by atoms with Crippen molar-refractivity contribution in [2.45, 2.75) is 13.8 Å². The first-order valence-corrected chi connectivity index (χ1v) is 5.83. The predicted molar refractivity (Wildman–Crippen MR) is 69.6 cm³/mol. The summed E-state index contributed by atoms with van der Waals surface area (Å²) < 4.78 is 7.24. The first-order chi connectivity index (χ1) is 8.52. The normalized spacial score (nSPS) is 10.4. The lowest BCUT2D eigenvalue weighted by atomic mass is 10.2. The summed E-state index contributed by atoms with van der Waals surface area (Å²) in [7, 11) is 1.73. The number of carbonyl (C=O) groups is 1. The van der Waals surface area contributed by atoms with Crippen LogP contribution in [0.5, 0.6) is 11.6 Å². The number of halogens is 1. The summed E-state index contributed by atoms with van der Waals surface area (Å²) >= 11 is 5.95. The molecule has 0 saturated heterocycles. The van der Waals surface area contributed by atoms with E-state index >= 15 is 0 Å². The fourth-order valence-corrected chi connectivity index (χ4v) is 1.82. The number of ether oxygens (including phenoxy) is 1. The van der Waals surface area contributed by atoms with E-state index < -0.39 is 0 Å². The standard InChI is InChI=1S/C13H13ClN2O2/c1-8-6-10(4-5-12(8)14)18-13-11(7-17)9(2)15-16(13)3/h4-7H,1-3H3. The molecular weight excluding hydrogens is 252 g/mol. The fraction of sp³-hybridized carbons (Fsp3) is 0.231. The summed E-state index contributed by atoms with van der Waals surface area (Å²) in [5, 5.41) is 4.83. The van der Waals surface area contributed by atoms with Gasteiger partial charge in [0.1, 0.15) is 5.75 Å². The lowest BCUT2D eigenvalue weighted by molar-refractivity contribution is 0.112. The van der Waals surface area contributed by atoms with Crippen LogP contribution in [0.4, 0.5) is 0 Å². The van der Waals surface area contributed by atoms with Gasteiger partial charge in [0.2, 0.25) is 5.88 Å². The van der Waals surface area contributed by atoms with Crippen molar-refractivity contribution in [2.24, 2.45) is 7.05 Å². The van der Waals surface area contributed by atoms with Gasteiger partial charge in [-0.1, -0.05) is 11.6 Å². The largest absolute Gasteiger partial charge is 0.439 e. The molecule has 4 nitrogen and oxygen atoms in total. The summed E-state index contributed by atoms with van der Waals surface area (Å²) in [6.07, 6.45) is 0.750. The Bertz CT molecular complexity index is 605. The SMILES string of the molecule is Cc1cc(Oc2c(C=O)c(C)nn2C)ccc1Cl.